The number of hydrogen-bond acceptors (Lipinski definition) is 3. The number of unbranched alkanes of at least 4 members (excludes halogenated alkanes) is 2. The van der Waals surface area contributed by atoms with Gasteiger partial charge in [-0.2, -0.15) is 0 Å². The van der Waals surface area contributed by atoms with Gasteiger partial charge in [0.25, 0.3) is 0 Å². The lowest BCUT2D eigenvalue weighted by Crippen LogP contribution is -2.29. The maximum Gasteiger partial charge on any atom is 0.119 e. The molecule has 1 N–H and O–H groups in total. The van der Waals surface area contributed by atoms with E-state index in [-0.39, 0.29) is 0 Å². The molecule has 3 nitrogen and oxygen atoms in total. The van der Waals surface area contributed by atoms with E-state index >= 15 is 0 Å². The Balaban J connectivity index is 1.42. The van der Waals surface area contributed by atoms with Gasteiger partial charge in [0.05, 0.1) is 6.61 Å². The van der Waals surface area contributed by atoms with Crippen LogP contribution in [0.25, 0.3) is 0 Å². The van der Waals surface area contributed by atoms with E-state index in [0.717, 1.165) is 44.3 Å². The Labute approximate surface area is 148 Å². The van der Waals surface area contributed by atoms with Crippen molar-refractivity contribution in [2.75, 3.05) is 32.9 Å². The van der Waals surface area contributed by atoms with Crippen molar-refractivity contribution in [3.8, 4) is 5.75 Å². The number of piperidine rings is 1. The second-order valence-electron chi connectivity index (χ2n) is 6.86. The highest BCUT2D eigenvalue weighted by Crippen LogP contribution is 2.17. The first kappa shape index (κ1) is 19.3. The molecule has 1 saturated heterocycles. The lowest BCUT2D eigenvalue weighted by molar-refractivity contribution is 0.125. The smallest absolute Gasteiger partial charge is 0.119 e. The molecule has 1 aliphatic rings. The van der Waals surface area contributed by atoms with Gasteiger partial charge in [-0.3, -0.25) is 0 Å². The molecule has 1 fully saturated rings. The Kier molecular flexibility index (Phi) is 9.89. The summed E-state index contributed by atoms with van der Waals surface area (Å²) in [5.74, 6) is 1.89. The molecule has 1 unspecified atom stereocenters. The predicted octanol–water partition coefficient (Wildman–Crippen LogP) is 4.59. The van der Waals surface area contributed by atoms with E-state index in [1.165, 1.54) is 57.2 Å². The normalized spacial score (nSPS) is 17.8. The molecule has 0 spiro atoms. The monoisotopic (exact) mass is 333 g/mol. The van der Waals surface area contributed by atoms with Crippen molar-refractivity contribution in [2.45, 2.75) is 58.3 Å². The van der Waals surface area contributed by atoms with Gasteiger partial charge in [0.2, 0.25) is 0 Å². The highest BCUT2D eigenvalue weighted by Gasteiger charge is 2.11. The number of nitrogens with one attached hydrogen (secondary N) is 1. The summed E-state index contributed by atoms with van der Waals surface area (Å²) >= 11 is 0. The molecule has 24 heavy (non-hydrogen) atoms. The van der Waals surface area contributed by atoms with Crippen LogP contribution in [0.4, 0.5) is 0 Å². The predicted molar refractivity (Wildman–Crippen MR) is 101 cm³/mol. The third kappa shape index (κ3) is 8.16. The van der Waals surface area contributed by atoms with E-state index in [2.05, 4.69) is 23.5 Å². The van der Waals surface area contributed by atoms with Crippen LogP contribution in [-0.2, 0) is 11.2 Å². The molecule has 0 amide bonds. The summed E-state index contributed by atoms with van der Waals surface area (Å²) in [6.45, 7) is 7.03. The van der Waals surface area contributed by atoms with Crippen LogP contribution in [0, 0.1) is 5.92 Å². The topological polar surface area (TPSA) is 30.5 Å². The minimum Gasteiger partial charge on any atom is -0.494 e. The molecule has 0 aliphatic carbocycles. The standard InChI is InChI=1S/C21H35NO2/c1-2-24-21-13-7-11-19(17-21)9-3-5-15-23-16-6-4-10-20-12-8-14-22-18-20/h7,11,13,17,20,22H,2-6,8-10,12,14-16,18H2,1H3. The molecule has 1 aliphatic heterocycles. The quantitative estimate of drug-likeness (QED) is 0.567. The summed E-state index contributed by atoms with van der Waals surface area (Å²) in [6.07, 6.45) is 10.1. The molecule has 3 heteroatoms. The van der Waals surface area contributed by atoms with Crippen molar-refractivity contribution in [2.24, 2.45) is 5.92 Å². The lowest BCUT2D eigenvalue weighted by atomic mass is 9.94. The van der Waals surface area contributed by atoms with Gasteiger partial charge < -0.3 is 14.8 Å². The third-order valence-electron chi connectivity index (χ3n) is 4.76. The number of benzene rings is 1. The summed E-state index contributed by atoms with van der Waals surface area (Å²) in [6, 6.07) is 8.45. The van der Waals surface area contributed by atoms with Crippen molar-refractivity contribution in [3.05, 3.63) is 29.8 Å². The van der Waals surface area contributed by atoms with E-state index in [1.807, 2.05) is 13.0 Å². The zero-order valence-corrected chi connectivity index (χ0v) is 15.4. The van der Waals surface area contributed by atoms with Crippen molar-refractivity contribution in [3.63, 3.8) is 0 Å². The molecule has 0 bridgehead atoms. The van der Waals surface area contributed by atoms with Gasteiger partial charge in [0, 0.05) is 13.2 Å². The van der Waals surface area contributed by atoms with Crippen LogP contribution in [0.1, 0.15) is 57.4 Å². The molecule has 1 aromatic rings. The molecule has 2 rings (SSSR count). The fourth-order valence-corrected chi connectivity index (χ4v) is 3.40. The van der Waals surface area contributed by atoms with E-state index < -0.39 is 0 Å². The first-order valence-corrected chi connectivity index (χ1v) is 9.88. The second kappa shape index (κ2) is 12.3. The van der Waals surface area contributed by atoms with E-state index in [1.54, 1.807) is 0 Å². The summed E-state index contributed by atoms with van der Waals surface area (Å²) < 4.78 is 11.3. The summed E-state index contributed by atoms with van der Waals surface area (Å²) in [7, 11) is 0. The highest BCUT2D eigenvalue weighted by molar-refractivity contribution is 5.28. The molecular formula is C21H35NO2. The zero-order chi connectivity index (χ0) is 16.9. The summed E-state index contributed by atoms with van der Waals surface area (Å²) in [5, 5.41) is 3.49. The molecule has 0 aromatic heterocycles. The minimum atomic E-state index is 0.731. The summed E-state index contributed by atoms with van der Waals surface area (Å²) in [4.78, 5) is 0. The van der Waals surface area contributed by atoms with Gasteiger partial charge in [-0.15, -0.1) is 0 Å². The van der Waals surface area contributed by atoms with Crippen molar-refractivity contribution >= 4 is 0 Å². The largest absolute Gasteiger partial charge is 0.494 e. The fraction of sp³-hybridized carbons (Fsp3) is 0.714. The second-order valence-corrected chi connectivity index (χ2v) is 6.86. The van der Waals surface area contributed by atoms with Crippen LogP contribution >= 0.6 is 0 Å². The van der Waals surface area contributed by atoms with Crippen molar-refractivity contribution in [1.82, 2.24) is 5.32 Å². The summed E-state index contributed by atoms with van der Waals surface area (Å²) in [5.41, 5.74) is 1.36. The number of hydrogen-bond donors (Lipinski definition) is 1. The SMILES string of the molecule is CCOc1cccc(CCCCOCCCCC2CCCNC2)c1. The maximum absolute atomic E-state index is 5.78. The Morgan fingerprint density at radius 2 is 2.00 bits per heavy atom. The Morgan fingerprint density at radius 3 is 2.79 bits per heavy atom. The molecule has 0 radical (unpaired) electrons. The molecule has 1 atom stereocenters. The Morgan fingerprint density at radius 1 is 1.12 bits per heavy atom. The van der Waals surface area contributed by atoms with Gasteiger partial charge in [0.15, 0.2) is 0 Å². The van der Waals surface area contributed by atoms with Crippen LogP contribution in [0.5, 0.6) is 5.75 Å². The highest BCUT2D eigenvalue weighted by atomic mass is 16.5. The third-order valence-corrected chi connectivity index (χ3v) is 4.76. The van der Waals surface area contributed by atoms with Gasteiger partial charge in [0.1, 0.15) is 5.75 Å². The first-order chi connectivity index (χ1) is 11.9. The van der Waals surface area contributed by atoms with E-state index in [9.17, 15) is 0 Å². The minimum absolute atomic E-state index is 0.731. The lowest BCUT2D eigenvalue weighted by Gasteiger charge is -2.22. The maximum atomic E-state index is 5.78. The van der Waals surface area contributed by atoms with Gasteiger partial charge in [-0.1, -0.05) is 18.6 Å². The van der Waals surface area contributed by atoms with Crippen LogP contribution in [0.2, 0.25) is 0 Å². The van der Waals surface area contributed by atoms with Crippen LogP contribution in [-0.4, -0.2) is 32.9 Å². The number of rotatable bonds is 12. The average Bonchev–Trinajstić information content (AvgIpc) is 2.62. The fourth-order valence-electron chi connectivity index (χ4n) is 3.40. The number of ether oxygens (including phenoxy) is 2. The van der Waals surface area contributed by atoms with Crippen molar-refractivity contribution in [1.29, 1.82) is 0 Å². The van der Waals surface area contributed by atoms with Crippen LogP contribution < -0.4 is 10.1 Å². The van der Waals surface area contributed by atoms with E-state index in [4.69, 9.17) is 9.47 Å². The molecule has 1 heterocycles. The van der Waals surface area contributed by atoms with E-state index in [0.29, 0.717) is 0 Å². The van der Waals surface area contributed by atoms with Crippen LogP contribution in [0.15, 0.2) is 24.3 Å². The van der Waals surface area contributed by atoms with Gasteiger partial charge >= 0.3 is 0 Å². The molecular weight excluding hydrogens is 298 g/mol. The zero-order valence-electron chi connectivity index (χ0n) is 15.4. The molecule has 136 valence electrons. The average molecular weight is 334 g/mol. The number of aryl methyl sites for hydroxylation is 1. The molecule has 1 aromatic carbocycles. The Bertz CT molecular complexity index is 430. The van der Waals surface area contributed by atoms with Crippen LogP contribution in [0.3, 0.4) is 0 Å². The van der Waals surface area contributed by atoms with Gasteiger partial charge in [-0.05, 0) is 88.6 Å². The van der Waals surface area contributed by atoms with Crippen molar-refractivity contribution < 1.29 is 9.47 Å². The first-order valence-electron chi connectivity index (χ1n) is 9.88. The molecule has 0 saturated carbocycles. The van der Waals surface area contributed by atoms with Gasteiger partial charge in [-0.25, -0.2) is 0 Å². The Hall–Kier alpha value is -1.06.